The Hall–Kier alpha value is -4.74. The van der Waals surface area contributed by atoms with Gasteiger partial charge in [0.05, 0.1) is 34.5 Å². The number of imidazole rings is 1. The van der Waals surface area contributed by atoms with Crippen molar-refractivity contribution in [1.29, 1.82) is 0 Å². The van der Waals surface area contributed by atoms with E-state index in [1.54, 1.807) is 13.3 Å². The molecule has 0 spiro atoms. The number of benzene rings is 1. The van der Waals surface area contributed by atoms with Gasteiger partial charge in [-0.2, -0.15) is 18.3 Å². The number of pyridine rings is 1. The number of hydrogen-bond acceptors (Lipinski definition) is 6. The van der Waals surface area contributed by atoms with Gasteiger partial charge in [0.15, 0.2) is 11.6 Å². The number of carbonyl (C=O) groups is 1. The standard InChI is InChI=1S/C25H21F3N8O/c1-14-18(24(37)34-23-15(2)35(13-32-23)11-16-6-4-3-5-7-16)8-17(10-30-14)20-9-19(25(26,27)28)21-22(29)31-12-33-36(20)21/h3-10,12-13H,11H2,1-2H3,(H,34,37)(H2,29,31,33). The van der Waals surface area contributed by atoms with Crippen LogP contribution < -0.4 is 11.1 Å². The number of nitrogens with zero attached hydrogens (tertiary/aromatic N) is 6. The van der Waals surface area contributed by atoms with Crippen molar-refractivity contribution >= 4 is 23.1 Å². The molecule has 4 heterocycles. The Kier molecular flexibility index (Phi) is 5.86. The van der Waals surface area contributed by atoms with Crippen LogP contribution in [0, 0.1) is 13.8 Å². The summed E-state index contributed by atoms with van der Waals surface area (Å²) in [6.45, 7) is 4.05. The molecule has 0 fully saturated rings. The highest BCUT2D eigenvalue weighted by atomic mass is 19.4. The van der Waals surface area contributed by atoms with E-state index < -0.39 is 17.6 Å². The monoisotopic (exact) mass is 506 g/mol. The Morgan fingerprint density at radius 1 is 1.08 bits per heavy atom. The molecule has 0 aliphatic carbocycles. The molecule has 0 aliphatic heterocycles. The van der Waals surface area contributed by atoms with Crippen LogP contribution in [0.2, 0.25) is 0 Å². The van der Waals surface area contributed by atoms with Gasteiger partial charge in [0, 0.05) is 18.3 Å². The molecular weight excluding hydrogens is 485 g/mol. The van der Waals surface area contributed by atoms with Gasteiger partial charge in [0.25, 0.3) is 5.91 Å². The summed E-state index contributed by atoms with van der Waals surface area (Å²) in [5, 5.41) is 6.74. The number of nitrogen functional groups attached to an aromatic ring is 1. The molecule has 4 aromatic heterocycles. The maximum Gasteiger partial charge on any atom is 0.418 e. The molecule has 0 saturated heterocycles. The molecule has 0 saturated carbocycles. The van der Waals surface area contributed by atoms with E-state index in [4.69, 9.17) is 5.73 Å². The number of amides is 1. The first-order valence-corrected chi connectivity index (χ1v) is 11.2. The third-order valence-electron chi connectivity index (χ3n) is 6.04. The topological polar surface area (TPSA) is 116 Å². The van der Waals surface area contributed by atoms with Crippen LogP contribution in [-0.2, 0) is 12.7 Å². The maximum absolute atomic E-state index is 13.7. The van der Waals surface area contributed by atoms with Crippen molar-refractivity contribution in [2.75, 3.05) is 11.1 Å². The molecule has 0 bridgehead atoms. The normalized spacial score (nSPS) is 11.7. The number of halogens is 3. The fraction of sp³-hybridized carbons (Fsp3) is 0.160. The molecule has 3 N–H and O–H groups in total. The maximum atomic E-state index is 13.7. The smallest absolute Gasteiger partial charge is 0.382 e. The molecule has 0 aliphatic rings. The van der Waals surface area contributed by atoms with Crippen LogP contribution in [0.3, 0.4) is 0 Å². The number of aromatic nitrogens is 6. The first kappa shape index (κ1) is 24.0. The first-order valence-electron chi connectivity index (χ1n) is 11.2. The number of alkyl halides is 3. The lowest BCUT2D eigenvalue weighted by Gasteiger charge is -2.10. The van der Waals surface area contributed by atoms with E-state index in [1.807, 2.05) is 41.8 Å². The summed E-state index contributed by atoms with van der Waals surface area (Å²) in [7, 11) is 0. The van der Waals surface area contributed by atoms with Crippen LogP contribution in [0.15, 0.2) is 61.3 Å². The molecule has 5 rings (SSSR count). The molecule has 1 amide bonds. The third kappa shape index (κ3) is 4.48. The third-order valence-corrected chi connectivity index (χ3v) is 6.04. The predicted octanol–water partition coefficient (Wildman–Crippen LogP) is 4.51. The molecule has 0 radical (unpaired) electrons. The lowest BCUT2D eigenvalue weighted by Crippen LogP contribution is -2.15. The van der Waals surface area contributed by atoms with Crippen LogP contribution in [0.4, 0.5) is 24.8 Å². The fourth-order valence-corrected chi connectivity index (χ4v) is 4.07. The quantitative estimate of drug-likeness (QED) is 0.363. The largest absolute Gasteiger partial charge is 0.418 e. The zero-order chi connectivity index (χ0) is 26.3. The van der Waals surface area contributed by atoms with Gasteiger partial charge < -0.3 is 15.6 Å². The summed E-state index contributed by atoms with van der Waals surface area (Å²) in [6.07, 6.45) is -0.603. The van der Waals surface area contributed by atoms with Crippen molar-refractivity contribution < 1.29 is 18.0 Å². The average molecular weight is 506 g/mol. The number of nitrogens with two attached hydrogens (primary N) is 1. The number of rotatable bonds is 5. The lowest BCUT2D eigenvalue weighted by atomic mass is 10.1. The second kappa shape index (κ2) is 9.04. The zero-order valence-corrected chi connectivity index (χ0v) is 19.8. The van der Waals surface area contributed by atoms with E-state index in [1.165, 1.54) is 12.3 Å². The van der Waals surface area contributed by atoms with Gasteiger partial charge in [-0.15, -0.1) is 0 Å². The van der Waals surface area contributed by atoms with E-state index in [-0.39, 0.29) is 28.2 Å². The van der Waals surface area contributed by atoms with Gasteiger partial charge in [-0.1, -0.05) is 30.3 Å². The Morgan fingerprint density at radius 3 is 2.57 bits per heavy atom. The number of fused-ring (bicyclic) bond motifs is 1. The van der Waals surface area contributed by atoms with Gasteiger partial charge in [-0.05, 0) is 31.5 Å². The van der Waals surface area contributed by atoms with Crippen molar-refractivity contribution in [3.05, 3.63) is 89.4 Å². The highest BCUT2D eigenvalue weighted by molar-refractivity contribution is 6.05. The van der Waals surface area contributed by atoms with E-state index in [0.717, 1.165) is 28.2 Å². The molecule has 5 aromatic rings. The predicted molar refractivity (Wildman–Crippen MR) is 131 cm³/mol. The molecular formula is C25H21F3N8O. The minimum Gasteiger partial charge on any atom is -0.382 e. The lowest BCUT2D eigenvalue weighted by molar-refractivity contribution is -0.136. The molecule has 188 valence electrons. The van der Waals surface area contributed by atoms with E-state index in [9.17, 15) is 18.0 Å². The molecule has 0 unspecified atom stereocenters. The Bertz CT molecular complexity index is 1620. The second-order valence-corrected chi connectivity index (χ2v) is 8.45. The van der Waals surface area contributed by atoms with Crippen LogP contribution in [0.25, 0.3) is 16.8 Å². The molecule has 0 atom stereocenters. The SMILES string of the molecule is Cc1ncc(-c2cc(C(F)(F)F)c3c(N)ncnn23)cc1C(=O)Nc1ncn(Cc2ccccc2)c1C. The zero-order valence-electron chi connectivity index (χ0n) is 19.8. The van der Waals surface area contributed by atoms with E-state index >= 15 is 0 Å². The average Bonchev–Trinajstić information content (AvgIpc) is 3.42. The van der Waals surface area contributed by atoms with Crippen LogP contribution in [0.1, 0.15) is 32.9 Å². The fourth-order valence-electron chi connectivity index (χ4n) is 4.07. The number of hydrogen-bond donors (Lipinski definition) is 2. The first-order chi connectivity index (χ1) is 17.6. The van der Waals surface area contributed by atoms with Crippen LogP contribution >= 0.6 is 0 Å². The van der Waals surface area contributed by atoms with E-state index in [0.29, 0.717) is 18.1 Å². The van der Waals surface area contributed by atoms with Crippen molar-refractivity contribution in [1.82, 2.24) is 29.1 Å². The van der Waals surface area contributed by atoms with Crippen molar-refractivity contribution in [3.8, 4) is 11.3 Å². The van der Waals surface area contributed by atoms with Crippen molar-refractivity contribution in [2.45, 2.75) is 26.6 Å². The minimum atomic E-state index is -4.68. The van der Waals surface area contributed by atoms with Gasteiger partial charge in [0.2, 0.25) is 0 Å². The summed E-state index contributed by atoms with van der Waals surface area (Å²) in [4.78, 5) is 25.4. The highest BCUT2D eigenvalue weighted by Crippen LogP contribution is 2.38. The number of nitrogens with one attached hydrogen (secondary N) is 1. The summed E-state index contributed by atoms with van der Waals surface area (Å²) in [5.41, 5.74) is 7.12. The van der Waals surface area contributed by atoms with Crippen molar-refractivity contribution in [2.24, 2.45) is 0 Å². The summed E-state index contributed by atoms with van der Waals surface area (Å²) >= 11 is 0. The number of aryl methyl sites for hydroxylation is 1. The summed E-state index contributed by atoms with van der Waals surface area (Å²) in [6, 6.07) is 12.2. The number of anilines is 2. The Morgan fingerprint density at radius 2 is 1.84 bits per heavy atom. The summed E-state index contributed by atoms with van der Waals surface area (Å²) < 4.78 is 44.1. The highest BCUT2D eigenvalue weighted by Gasteiger charge is 2.36. The molecule has 9 nitrogen and oxygen atoms in total. The van der Waals surface area contributed by atoms with E-state index in [2.05, 4.69) is 25.4 Å². The second-order valence-electron chi connectivity index (χ2n) is 8.45. The van der Waals surface area contributed by atoms with Gasteiger partial charge in [-0.25, -0.2) is 14.5 Å². The van der Waals surface area contributed by atoms with Crippen LogP contribution in [0.5, 0.6) is 0 Å². The van der Waals surface area contributed by atoms with Crippen molar-refractivity contribution in [3.63, 3.8) is 0 Å². The Labute approximate surface area is 208 Å². The Balaban J connectivity index is 1.48. The number of carbonyl (C=O) groups excluding carboxylic acids is 1. The van der Waals surface area contributed by atoms with Crippen LogP contribution in [-0.4, -0.2) is 35.0 Å². The summed E-state index contributed by atoms with van der Waals surface area (Å²) in [5.74, 6) is -0.433. The molecule has 12 heteroatoms. The van der Waals surface area contributed by atoms with Gasteiger partial charge >= 0.3 is 6.18 Å². The van der Waals surface area contributed by atoms with Gasteiger partial charge in [-0.3, -0.25) is 9.78 Å². The molecule has 1 aromatic carbocycles. The van der Waals surface area contributed by atoms with Gasteiger partial charge in [0.1, 0.15) is 11.8 Å². The minimum absolute atomic E-state index is 0.0706. The molecule has 37 heavy (non-hydrogen) atoms.